The van der Waals surface area contributed by atoms with Gasteiger partial charge in [0.25, 0.3) is 5.91 Å². The molecule has 5 nitrogen and oxygen atoms in total. The van der Waals surface area contributed by atoms with Gasteiger partial charge in [-0.25, -0.2) is 9.97 Å². The van der Waals surface area contributed by atoms with Gasteiger partial charge in [0.15, 0.2) is 0 Å². The Morgan fingerprint density at radius 3 is 2.71 bits per heavy atom. The molecule has 5 heteroatoms. The number of nitrogens with one attached hydrogen (secondary N) is 2. The third-order valence-corrected chi connectivity index (χ3v) is 3.07. The molecule has 1 aromatic carbocycles. The van der Waals surface area contributed by atoms with Gasteiger partial charge in [-0.3, -0.25) is 4.79 Å². The lowest BCUT2D eigenvalue weighted by atomic mass is 10.1. The zero-order chi connectivity index (χ0) is 15.1. The van der Waals surface area contributed by atoms with Crippen LogP contribution in [0.5, 0.6) is 0 Å². The maximum Gasteiger partial charge on any atom is 0.270 e. The van der Waals surface area contributed by atoms with E-state index in [1.165, 1.54) is 0 Å². The van der Waals surface area contributed by atoms with Gasteiger partial charge < -0.3 is 10.6 Å². The third-order valence-electron chi connectivity index (χ3n) is 3.07. The second-order valence-corrected chi connectivity index (χ2v) is 4.80. The highest BCUT2D eigenvalue weighted by molar-refractivity contribution is 5.92. The first-order valence-corrected chi connectivity index (χ1v) is 7.13. The number of amides is 1. The molecule has 2 N–H and O–H groups in total. The molecule has 0 aliphatic carbocycles. The standard InChI is InChI=1S/C16H20N4O/c1-3-10-17-15(21)14-9-11-18-16(20-14)19-12(2)13-7-5-4-6-8-13/h4-9,11-12H,3,10H2,1-2H3,(H,17,21)(H,18,19,20). The number of aromatic nitrogens is 2. The normalized spacial score (nSPS) is 11.7. The fourth-order valence-corrected chi connectivity index (χ4v) is 1.90. The lowest BCUT2D eigenvalue weighted by Crippen LogP contribution is -2.25. The van der Waals surface area contributed by atoms with Crippen molar-refractivity contribution in [3.63, 3.8) is 0 Å². The summed E-state index contributed by atoms with van der Waals surface area (Å²) in [6, 6.07) is 11.7. The molecule has 0 fully saturated rings. The van der Waals surface area contributed by atoms with Crippen LogP contribution in [0.1, 0.15) is 42.4 Å². The largest absolute Gasteiger partial charge is 0.351 e. The zero-order valence-electron chi connectivity index (χ0n) is 12.3. The van der Waals surface area contributed by atoms with Crippen LogP contribution in [-0.4, -0.2) is 22.4 Å². The number of carbonyl (C=O) groups excluding carboxylic acids is 1. The van der Waals surface area contributed by atoms with Crippen molar-refractivity contribution in [1.29, 1.82) is 0 Å². The minimum absolute atomic E-state index is 0.0696. The molecule has 2 rings (SSSR count). The summed E-state index contributed by atoms with van der Waals surface area (Å²) >= 11 is 0. The smallest absolute Gasteiger partial charge is 0.270 e. The summed E-state index contributed by atoms with van der Waals surface area (Å²) in [5, 5.41) is 6.01. The predicted octanol–water partition coefficient (Wildman–Crippen LogP) is 2.79. The number of anilines is 1. The number of hydrogen-bond donors (Lipinski definition) is 2. The highest BCUT2D eigenvalue weighted by Crippen LogP contribution is 2.16. The Balaban J connectivity index is 2.06. The van der Waals surface area contributed by atoms with Gasteiger partial charge in [-0.05, 0) is 25.0 Å². The van der Waals surface area contributed by atoms with Gasteiger partial charge >= 0.3 is 0 Å². The summed E-state index contributed by atoms with van der Waals surface area (Å²) in [4.78, 5) is 20.3. The molecule has 21 heavy (non-hydrogen) atoms. The van der Waals surface area contributed by atoms with Gasteiger partial charge in [0, 0.05) is 12.7 Å². The van der Waals surface area contributed by atoms with E-state index >= 15 is 0 Å². The van der Waals surface area contributed by atoms with Crippen molar-refractivity contribution in [3.8, 4) is 0 Å². The quantitative estimate of drug-likeness (QED) is 0.856. The van der Waals surface area contributed by atoms with Crippen LogP contribution in [-0.2, 0) is 0 Å². The molecule has 2 aromatic rings. The first-order chi connectivity index (χ1) is 10.2. The predicted molar refractivity (Wildman–Crippen MR) is 83.1 cm³/mol. The molecular weight excluding hydrogens is 264 g/mol. The van der Waals surface area contributed by atoms with E-state index in [0.717, 1.165) is 12.0 Å². The van der Waals surface area contributed by atoms with Crippen LogP contribution in [0.2, 0.25) is 0 Å². The number of rotatable bonds is 6. The lowest BCUT2D eigenvalue weighted by Gasteiger charge is -2.14. The molecule has 0 aliphatic rings. The molecule has 1 aromatic heterocycles. The van der Waals surface area contributed by atoms with E-state index in [1.807, 2.05) is 44.2 Å². The Kier molecular flexibility index (Phi) is 5.26. The Hall–Kier alpha value is -2.43. The van der Waals surface area contributed by atoms with Gasteiger partial charge in [0.1, 0.15) is 5.69 Å². The van der Waals surface area contributed by atoms with Gasteiger partial charge in [-0.2, -0.15) is 0 Å². The molecule has 0 saturated heterocycles. The summed E-state index contributed by atoms with van der Waals surface area (Å²) < 4.78 is 0. The van der Waals surface area contributed by atoms with Crippen molar-refractivity contribution in [2.75, 3.05) is 11.9 Å². The molecule has 0 spiro atoms. The summed E-state index contributed by atoms with van der Waals surface area (Å²) in [6.07, 6.45) is 2.49. The van der Waals surface area contributed by atoms with Gasteiger partial charge in [0.2, 0.25) is 5.95 Å². The Bertz CT molecular complexity index is 586. The van der Waals surface area contributed by atoms with E-state index < -0.39 is 0 Å². The van der Waals surface area contributed by atoms with Crippen LogP contribution < -0.4 is 10.6 Å². The van der Waals surface area contributed by atoms with E-state index in [9.17, 15) is 4.79 Å². The van der Waals surface area contributed by atoms with Crippen LogP contribution in [0.25, 0.3) is 0 Å². The van der Waals surface area contributed by atoms with Crippen LogP contribution >= 0.6 is 0 Å². The molecule has 110 valence electrons. The summed E-state index contributed by atoms with van der Waals surface area (Å²) in [5.41, 5.74) is 1.52. The molecule has 1 atom stereocenters. The molecule has 1 unspecified atom stereocenters. The minimum atomic E-state index is -0.172. The van der Waals surface area contributed by atoms with E-state index in [0.29, 0.717) is 18.2 Å². The maximum atomic E-state index is 11.9. The molecule has 0 radical (unpaired) electrons. The first kappa shape index (κ1) is 15.0. The highest BCUT2D eigenvalue weighted by Gasteiger charge is 2.10. The number of nitrogens with zero attached hydrogens (tertiary/aromatic N) is 2. The molecule has 0 bridgehead atoms. The fourth-order valence-electron chi connectivity index (χ4n) is 1.90. The summed E-state index contributed by atoms with van der Waals surface area (Å²) in [6.45, 7) is 4.68. The monoisotopic (exact) mass is 284 g/mol. The average Bonchev–Trinajstić information content (AvgIpc) is 2.53. The first-order valence-electron chi connectivity index (χ1n) is 7.13. The van der Waals surface area contributed by atoms with E-state index in [4.69, 9.17) is 0 Å². The van der Waals surface area contributed by atoms with Crippen molar-refractivity contribution in [1.82, 2.24) is 15.3 Å². The minimum Gasteiger partial charge on any atom is -0.351 e. The van der Waals surface area contributed by atoms with Crippen LogP contribution in [0.4, 0.5) is 5.95 Å². The van der Waals surface area contributed by atoms with Crippen molar-refractivity contribution >= 4 is 11.9 Å². The third kappa shape index (κ3) is 4.27. The number of benzene rings is 1. The topological polar surface area (TPSA) is 66.9 Å². The van der Waals surface area contributed by atoms with Crippen molar-refractivity contribution in [2.24, 2.45) is 0 Å². The second-order valence-electron chi connectivity index (χ2n) is 4.80. The van der Waals surface area contributed by atoms with Crippen molar-refractivity contribution < 1.29 is 4.79 Å². The lowest BCUT2D eigenvalue weighted by molar-refractivity contribution is 0.0948. The van der Waals surface area contributed by atoms with E-state index in [-0.39, 0.29) is 11.9 Å². The highest BCUT2D eigenvalue weighted by atomic mass is 16.1. The van der Waals surface area contributed by atoms with E-state index in [2.05, 4.69) is 20.6 Å². The number of carbonyl (C=O) groups is 1. The second kappa shape index (κ2) is 7.38. The molecule has 1 heterocycles. The zero-order valence-corrected chi connectivity index (χ0v) is 12.3. The SMILES string of the molecule is CCCNC(=O)c1ccnc(NC(C)c2ccccc2)n1. The van der Waals surface area contributed by atoms with Gasteiger partial charge in [-0.15, -0.1) is 0 Å². The van der Waals surface area contributed by atoms with Crippen molar-refractivity contribution in [3.05, 3.63) is 53.9 Å². The molecule has 0 saturated carbocycles. The van der Waals surface area contributed by atoms with Crippen molar-refractivity contribution in [2.45, 2.75) is 26.3 Å². The summed E-state index contributed by atoms with van der Waals surface area (Å²) in [7, 11) is 0. The van der Waals surface area contributed by atoms with Gasteiger partial charge in [-0.1, -0.05) is 37.3 Å². The number of hydrogen-bond acceptors (Lipinski definition) is 4. The fraction of sp³-hybridized carbons (Fsp3) is 0.312. The molecule has 0 aliphatic heterocycles. The van der Waals surface area contributed by atoms with Gasteiger partial charge in [0.05, 0.1) is 6.04 Å². The molecular formula is C16H20N4O. The Morgan fingerprint density at radius 1 is 1.24 bits per heavy atom. The van der Waals surface area contributed by atoms with Crippen LogP contribution in [0, 0.1) is 0 Å². The van der Waals surface area contributed by atoms with Crippen LogP contribution in [0.3, 0.4) is 0 Å². The Morgan fingerprint density at radius 2 is 2.00 bits per heavy atom. The van der Waals surface area contributed by atoms with Crippen LogP contribution in [0.15, 0.2) is 42.6 Å². The average molecular weight is 284 g/mol. The Labute approximate surface area is 124 Å². The summed E-state index contributed by atoms with van der Waals surface area (Å²) in [5.74, 6) is 0.283. The molecule has 1 amide bonds. The van der Waals surface area contributed by atoms with E-state index in [1.54, 1.807) is 12.3 Å². The maximum absolute atomic E-state index is 11.9.